The van der Waals surface area contributed by atoms with E-state index in [1.807, 2.05) is 13.1 Å². The lowest BCUT2D eigenvalue weighted by atomic mass is 11.4. The average Bonchev–Trinajstić information content (AvgIpc) is 1.84. The van der Waals surface area contributed by atoms with Gasteiger partial charge in [0, 0.05) is 0 Å². The Morgan fingerprint density at radius 1 is 1.44 bits per heavy atom. The molecule has 0 saturated carbocycles. The third-order valence-electron chi connectivity index (χ3n) is 0.864. The number of terminal acetylenes is 2. The highest BCUT2D eigenvalue weighted by atomic mass is 28.4. The quantitative estimate of drug-likeness (QED) is 0.403. The van der Waals surface area contributed by atoms with E-state index in [1.165, 1.54) is 0 Å². The summed E-state index contributed by atoms with van der Waals surface area (Å²) in [6, 6.07) is 0. The second-order valence-corrected chi connectivity index (χ2v) is 7.31. The molecule has 1 nitrogen and oxygen atoms in total. The monoisotopic (exact) mass is 154 g/mol. The predicted molar refractivity (Wildman–Crippen MR) is 44.8 cm³/mol. The van der Waals surface area contributed by atoms with Crippen LogP contribution in [0.1, 0.15) is 0 Å². The van der Waals surface area contributed by atoms with E-state index in [9.17, 15) is 0 Å². The fourth-order valence-corrected chi connectivity index (χ4v) is 2.37. The summed E-state index contributed by atoms with van der Waals surface area (Å²) >= 11 is 0. The van der Waals surface area contributed by atoms with Crippen LogP contribution in [0.25, 0.3) is 0 Å². The van der Waals surface area contributed by atoms with Crippen molar-refractivity contribution in [2.45, 2.75) is 13.1 Å². The Morgan fingerprint density at radius 3 is 2.33 bits per heavy atom. The van der Waals surface area contributed by atoms with E-state index in [1.54, 1.807) is 0 Å². The second kappa shape index (κ2) is 3.52. The molecule has 0 bridgehead atoms. The minimum absolute atomic E-state index is 0.746. The Balaban J connectivity index is 3.65. The van der Waals surface area contributed by atoms with Crippen molar-refractivity contribution in [1.82, 2.24) is 0 Å². The molecule has 48 valence electrons. The summed E-state index contributed by atoms with van der Waals surface area (Å²) in [7, 11) is -2.50. The Hall–Kier alpha value is -0.486. The van der Waals surface area contributed by atoms with Crippen LogP contribution in [0, 0.1) is 23.9 Å². The maximum absolute atomic E-state index is 5.33. The molecule has 0 N–H and O–H groups in total. The maximum Gasteiger partial charge on any atom is 0.255 e. The molecule has 0 radical (unpaired) electrons. The molecule has 9 heavy (non-hydrogen) atoms. The molecule has 0 fully saturated rings. The van der Waals surface area contributed by atoms with Crippen molar-refractivity contribution in [2.75, 3.05) is 0 Å². The Bertz CT molecular complexity index is 161. The third kappa shape index (κ3) is 4.05. The molecule has 0 unspecified atom stereocenters. The van der Waals surface area contributed by atoms with E-state index in [0.717, 1.165) is 0 Å². The Morgan fingerprint density at radius 2 is 2.00 bits per heavy atom. The number of rotatable bonds is 2. The van der Waals surface area contributed by atoms with Crippen LogP contribution in [0.5, 0.6) is 0 Å². The first kappa shape index (κ1) is 8.51. The molecule has 0 heterocycles. The molecule has 0 aromatic heterocycles. The minimum Gasteiger partial charge on any atom is -0.442 e. The van der Waals surface area contributed by atoms with E-state index < -0.39 is 18.1 Å². The molecule has 0 aliphatic rings. The van der Waals surface area contributed by atoms with Crippen LogP contribution in [-0.4, -0.2) is 18.1 Å². The lowest BCUT2D eigenvalue weighted by Crippen LogP contribution is -2.29. The molecular formula is C6H10OSi2. The zero-order valence-electron chi connectivity index (χ0n) is 5.77. The van der Waals surface area contributed by atoms with Gasteiger partial charge in [-0.15, -0.1) is 23.9 Å². The van der Waals surface area contributed by atoms with Crippen molar-refractivity contribution < 1.29 is 4.12 Å². The summed E-state index contributed by atoms with van der Waals surface area (Å²) in [6.07, 6.45) is 10.2. The van der Waals surface area contributed by atoms with E-state index in [-0.39, 0.29) is 0 Å². The summed E-state index contributed by atoms with van der Waals surface area (Å²) < 4.78 is 5.33. The van der Waals surface area contributed by atoms with Crippen LogP contribution >= 0.6 is 0 Å². The molecular weight excluding hydrogens is 144 g/mol. The van der Waals surface area contributed by atoms with Gasteiger partial charge in [-0.2, -0.15) is 0 Å². The van der Waals surface area contributed by atoms with Crippen molar-refractivity contribution in [3.63, 3.8) is 0 Å². The molecule has 3 heteroatoms. The number of hydrogen-bond acceptors (Lipinski definition) is 1. The largest absolute Gasteiger partial charge is 0.442 e. The number of hydrogen-bond donors (Lipinski definition) is 0. The van der Waals surface area contributed by atoms with E-state index in [4.69, 9.17) is 17.0 Å². The Labute approximate surface area is 59.9 Å². The van der Waals surface area contributed by atoms with Crippen molar-refractivity contribution >= 4 is 18.1 Å². The van der Waals surface area contributed by atoms with Gasteiger partial charge >= 0.3 is 0 Å². The third-order valence-corrected chi connectivity index (χ3v) is 5.19. The van der Waals surface area contributed by atoms with Crippen LogP contribution in [0.3, 0.4) is 0 Å². The fourth-order valence-electron chi connectivity index (χ4n) is 0.264. The molecule has 0 amide bonds. The van der Waals surface area contributed by atoms with Gasteiger partial charge in [-0.1, -0.05) is 0 Å². The average molecular weight is 154 g/mol. The standard InChI is InChI=1S/C6H10OSi2/c1-5-8-7-9(3,4)6-2/h1-2H,8H2,3-4H3. The van der Waals surface area contributed by atoms with Gasteiger partial charge in [0.1, 0.15) is 0 Å². The SMILES string of the molecule is C#C[SiH2]O[Si](C)(C)C#C. The lowest BCUT2D eigenvalue weighted by molar-refractivity contribution is 0.619. The molecule has 0 rings (SSSR count). The van der Waals surface area contributed by atoms with Crippen molar-refractivity contribution in [3.8, 4) is 23.9 Å². The van der Waals surface area contributed by atoms with Crippen LogP contribution < -0.4 is 0 Å². The molecule has 0 aromatic carbocycles. The topological polar surface area (TPSA) is 9.23 Å². The first-order chi connectivity index (χ1) is 4.12. The molecule has 0 aliphatic carbocycles. The van der Waals surface area contributed by atoms with Gasteiger partial charge in [-0.3, -0.25) is 0 Å². The highest BCUT2D eigenvalue weighted by Crippen LogP contribution is 1.98. The minimum atomic E-state index is -1.75. The van der Waals surface area contributed by atoms with Gasteiger partial charge in [-0.25, -0.2) is 0 Å². The second-order valence-electron chi connectivity index (χ2n) is 2.15. The van der Waals surface area contributed by atoms with Gasteiger partial charge in [-0.05, 0) is 13.1 Å². The van der Waals surface area contributed by atoms with Crippen LogP contribution in [0.2, 0.25) is 13.1 Å². The lowest BCUT2D eigenvalue weighted by Gasteiger charge is -2.12. The summed E-state index contributed by atoms with van der Waals surface area (Å²) in [4.78, 5) is 0. The van der Waals surface area contributed by atoms with Crippen LogP contribution in [-0.2, 0) is 4.12 Å². The van der Waals surface area contributed by atoms with Gasteiger partial charge < -0.3 is 4.12 Å². The first-order valence-corrected chi connectivity index (χ1v) is 6.87. The highest BCUT2D eigenvalue weighted by Gasteiger charge is 2.16. The predicted octanol–water partition coefficient (Wildman–Crippen LogP) is 0.0550. The Kier molecular flexibility index (Phi) is 3.33. The fraction of sp³-hybridized carbons (Fsp3) is 0.333. The maximum atomic E-state index is 5.33. The summed E-state index contributed by atoms with van der Waals surface area (Å²) in [5.74, 6) is 0. The zero-order valence-corrected chi connectivity index (χ0v) is 8.18. The molecule has 0 spiro atoms. The molecule has 0 aliphatic heterocycles. The van der Waals surface area contributed by atoms with Crippen molar-refractivity contribution in [1.29, 1.82) is 0 Å². The van der Waals surface area contributed by atoms with Crippen molar-refractivity contribution in [3.05, 3.63) is 0 Å². The highest BCUT2D eigenvalue weighted by molar-refractivity contribution is 6.83. The van der Waals surface area contributed by atoms with E-state index >= 15 is 0 Å². The summed E-state index contributed by atoms with van der Waals surface area (Å²) in [5.41, 5.74) is 5.15. The van der Waals surface area contributed by atoms with Gasteiger partial charge in [0.2, 0.25) is 9.76 Å². The smallest absolute Gasteiger partial charge is 0.255 e. The van der Waals surface area contributed by atoms with Gasteiger partial charge in [0.05, 0.1) is 0 Å². The molecule has 0 atom stereocenters. The van der Waals surface area contributed by atoms with Crippen molar-refractivity contribution in [2.24, 2.45) is 0 Å². The summed E-state index contributed by atoms with van der Waals surface area (Å²) in [5, 5.41) is 0. The molecule has 0 aromatic rings. The van der Waals surface area contributed by atoms with Crippen LogP contribution in [0.4, 0.5) is 0 Å². The van der Waals surface area contributed by atoms with E-state index in [0.29, 0.717) is 0 Å². The first-order valence-electron chi connectivity index (χ1n) is 2.67. The van der Waals surface area contributed by atoms with E-state index in [2.05, 4.69) is 11.1 Å². The normalized spacial score (nSPS) is 11.1. The summed E-state index contributed by atoms with van der Waals surface area (Å²) in [6.45, 7) is 3.94. The zero-order chi connectivity index (χ0) is 7.33. The van der Waals surface area contributed by atoms with Crippen LogP contribution in [0.15, 0.2) is 0 Å². The van der Waals surface area contributed by atoms with Gasteiger partial charge in [0.25, 0.3) is 8.32 Å². The van der Waals surface area contributed by atoms with Gasteiger partial charge in [0.15, 0.2) is 0 Å². The molecule has 0 saturated heterocycles.